The summed E-state index contributed by atoms with van der Waals surface area (Å²) in [6.07, 6.45) is -2.04. The van der Waals surface area contributed by atoms with Crippen LogP contribution in [0.4, 0.5) is 17.6 Å². The van der Waals surface area contributed by atoms with Gasteiger partial charge in [-0.25, -0.2) is 24.1 Å². The van der Waals surface area contributed by atoms with Gasteiger partial charge in [0.1, 0.15) is 17.2 Å². The molecule has 0 fully saturated rings. The van der Waals surface area contributed by atoms with E-state index in [9.17, 15) is 22.4 Å². The number of aromatic nitrogens is 6. The number of benzene rings is 2. The molecule has 5 aromatic rings. The number of hydrogen-bond donors (Lipinski definition) is 0. The molecular weight excluding hydrogens is 500 g/mol. The molecule has 3 aromatic heterocycles. The second-order valence-electron chi connectivity index (χ2n) is 9.44. The van der Waals surface area contributed by atoms with Crippen molar-refractivity contribution < 1.29 is 17.6 Å². The SMILES string of the molecule is CC(C)c1c(F)cccc1-c1ncc2c(n1)n(Cc1ccc(-c3nc(C(F)(F)F)cn3C)cc1)c(=O)n2C. The summed E-state index contributed by atoms with van der Waals surface area (Å²) >= 11 is 0. The van der Waals surface area contributed by atoms with Gasteiger partial charge in [-0.15, -0.1) is 0 Å². The fourth-order valence-electron chi connectivity index (χ4n) is 4.58. The van der Waals surface area contributed by atoms with Gasteiger partial charge in [0.05, 0.1) is 12.7 Å². The van der Waals surface area contributed by atoms with Gasteiger partial charge < -0.3 is 4.57 Å². The van der Waals surface area contributed by atoms with Gasteiger partial charge >= 0.3 is 11.9 Å². The fourth-order valence-corrected chi connectivity index (χ4v) is 4.58. The first-order chi connectivity index (χ1) is 18.0. The average Bonchev–Trinajstić information content (AvgIpc) is 3.37. The Morgan fingerprint density at radius 1 is 1.00 bits per heavy atom. The summed E-state index contributed by atoms with van der Waals surface area (Å²) in [7, 11) is 3.12. The maximum absolute atomic E-state index is 14.6. The summed E-state index contributed by atoms with van der Waals surface area (Å²) in [5.74, 6) is 0.0417. The van der Waals surface area contributed by atoms with Crippen LogP contribution in [0.15, 0.2) is 59.7 Å². The van der Waals surface area contributed by atoms with Gasteiger partial charge in [-0.3, -0.25) is 9.13 Å². The Bertz CT molecular complexity index is 1710. The van der Waals surface area contributed by atoms with Crippen molar-refractivity contribution >= 4 is 11.2 Å². The standard InChI is InChI=1S/C27H24F4N6O/c1-15(2)22-18(6-5-7-19(22)28)23-32-12-20-25(34-23)37(26(38)36(20)4)13-16-8-10-17(11-9-16)24-33-21(14-35(24)3)27(29,30)31/h5-12,14-15H,13H2,1-4H3. The minimum Gasteiger partial charge on any atom is -0.333 e. The first kappa shape index (κ1) is 25.4. The predicted molar refractivity (Wildman–Crippen MR) is 135 cm³/mol. The predicted octanol–water partition coefficient (Wildman–Crippen LogP) is 5.53. The van der Waals surface area contributed by atoms with E-state index in [1.54, 1.807) is 49.6 Å². The summed E-state index contributed by atoms with van der Waals surface area (Å²) in [6, 6.07) is 11.5. The number of imidazole rings is 2. The second-order valence-corrected chi connectivity index (χ2v) is 9.44. The number of fused-ring (bicyclic) bond motifs is 1. The van der Waals surface area contributed by atoms with Crippen LogP contribution in [0.25, 0.3) is 33.9 Å². The van der Waals surface area contributed by atoms with Crippen molar-refractivity contribution in [1.82, 2.24) is 28.7 Å². The molecule has 2 aromatic carbocycles. The van der Waals surface area contributed by atoms with Crippen LogP contribution in [0, 0.1) is 5.82 Å². The zero-order valence-electron chi connectivity index (χ0n) is 21.1. The molecule has 0 saturated carbocycles. The number of nitrogens with zero attached hydrogens (tertiary/aromatic N) is 6. The third-order valence-electron chi connectivity index (χ3n) is 6.48. The summed E-state index contributed by atoms with van der Waals surface area (Å²) in [6.45, 7) is 3.94. The van der Waals surface area contributed by atoms with Gasteiger partial charge in [0.25, 0.3) is 0 Å². The lowest BCUT2D eigenvalue weighted by Gasteiger charge is -2.13. The van der Waals surface area contributed by atoms with Crippen molar-refractivity contribution in [3.63, 3.8) is 0 Å². The average molecular weight is 525 g/mol. The first-order valence-electron chi connectivity index (χ1n) is 11.9. The van der Waals surface area contributed by atoms with Crippen LogP contribution in [0.1, 0.15) is 36.6 Å². The van der Waals surface area contributed by atoms with E-state index in [1.807, 2.05) is 13.8 Å². The van der Waals surface area contributed by atoms with Crippen molar-refractivity contribution in [2.24, 2.45) is 14.1 Å². The van der Waals surface area contributed by atoms with E-state index in [-0.39, 0.29) is 29.8 Å². The Balaban J connectivity index is 1.53. The second kappa shape index (κ2) is 9.23. The highest BCUT2D eigenvalue weighted by molar-refractivity contribution is 5.74. The number of hydrogen-bond acceptors (Lipinski definition) is 4. The Morgan fingerprint density at radius 2 is 1.71 bits per heavy atom. The molecule has 0 atom stereocenters. The van der Waals surface area contributed by atoms with E-state index >= 15 is 0 Å². The quantitative estimate of drug-likeness (QED) is 0.284. The monoisotopic (exact) mass is 524 g/mol. The maximum Gasteiger partial charge on any atom is 0.434 e. The number of rotatable bonds is 5. The highest BCUT2D eigenvalue weighted by atomic mass is 19.4. The summed E-state index contributed by atoms with van der Waals surface area (Å²) in [4.78, 5) is 25.9. The van der Waals surface area contributed by atoms with Crippen LogP contribution in [-0.4, -0.2) is 28.7 Å². The van der Waals surface area contributed by atoms with Crippen LogP contribution < -0.4 is 5.69 Å². The van der Waals surface area contributed by atoms with Gasteiger partial charge in [-0.05, 0) is 17.5 Å². The van der Waals surface area contributed by atoms with Crippen molar-refractivity contribution in [3.05, 3.63) is 88.0 Å². The molecular formula is C27H24F4N6O. The van der Waals surface area contributed by atoms with Gasteiger partial charge in [0.15, 0.2) is 17.2 Å². The van der Waals surface area contributed by atoms with Crippen LogP contribution in [0.5, 0.6) is 0 Å². The van der Waals surface area contributed by atoms with E-state index in [2.05, 4.69) is 15.0 Å². The van der Waals surface area contributed by atoms with Gasteiger partial charge in [0, 0.05) is 37.0 Å². The molecule has 0 radical (unpaired) electrons. The minimum absolute atomic E-state index is 0.104. The molecule has 0 aliphatic heterocycles. The molecule has 0 unspecified atom stereocenters. The van der Waals surface area contributed by atoms with E-state index in [1.165, 1.54) is 26.8 Å². The smallest absolute Gasteiger partial charge is 0.333 e. The van der Waals surface area contributed by atoms with E-state index in [4.69, 9.17) is 0 Å². The van der Waals surface area contributed by atoms with E-state index in [0.29, 0.717) is 33.7 Å². The van der Waals surface area contributed by atoms with E-state index in [0.717, 1.165) is 11.8 Å². The van der Waals surface area contributed by atoms with Crippen LogP contribution in [0.3, 0.4) is 0 Å². The molecule has 11 heteroatoms. The molecule has 0 aliphatic rings. The molecule has 0 aliphatic carbocycles. The molecule has 196 valence electrons. The molecule has 0 amide bonds. The van der Waals surface area contributed by atoms with Crippen LogP contribution in [-0.2, 0) is 26.8 Å². The largest absolute Gasteiger partial charge is 0.434 e. The summed E-state index contributed by atoms with van der Waals surface area (Å²) in [5, 5.41) is 0. The van der Waals surface area contributed by atoms with Gasteiger partial charge in [-0.1, -0.05) is 50.2 Å². The maximum atomic E-state index is 14.6. The molecule has 5 rings (SSSR count). The topological polar surface area (TPSA) is 70.5 Å². The van der Waals surface area contributed by atoms with Gasteiger partial charge in [-0.2, -0.15) is 13.2 Å². The minimum atomic E-state index is -4.53. The molecule has 38 heavy (non-hydrogen) atoms. The fraction of sp³-hybridized carbons (Fsp3) is 0.259. The van der Waals surface area contributed by atoms with Crippen LogP contribution >= 0.6 is 0 Å². The molecule has 0 bridgehead atoms. The molecule has 0 saturated heterocycles. The third-order valence-corrected chi connectivity index (χ3v) is 6.48. The Labute approximate surface area is 215 Å². The van der Waals surface area contributed by atoms with Crippen molar-refractivity contribution in [3.8, 4) is 22.8 Å². The number of halogens is 4. The van der Waals surface area contributed by atoms with Crippen molar-refractivity contribution in [2.45, 2.75) is 32.5 Å². The first-order valence-corrected chi connectivity index (χ1v) is 11.9. The lowest BCUT2D eigenvalue weighted by atomic mass is 9.96. The lowest BCUT2D eigenvalue weighted by Crippen LogP contribution is -2.22. The zero-order valence-corrected chi connectivity index (χ0v) is 21.1. The van der Waals surface area contributed by atoms with Crippen molar-refractivity contribution in [1.29, 1.82) is 0 Å². The zero-order chi connectivity index (χ0) is 27.4. The van der Waals surface area contributed by atoms with Gasteiger partial charge in [0.2, 0.25) is 0 Å². The summed E-state index contributed by atoms with van der Waals surface area (Å²) < 4.78 is 58.0. The van der Waals surface area contributed by atoms with E-state index < -0.39 is 11.9 Å². The Morgan fingerprint density at radius 3 is 2.34 bits per heavy atom. The highest BCUT2D eigenvalue weighted by Gasteiger charge is 2.34. The number of aryl methyl sites for hydroxylation is 2. The molecule has 0 spiro atoms. The highest BCUT2D eigenvalue weighted by Crippen LogP contribution is 2.31. The molecule has 7 nitrogen and oxygen atoms in total. The Kier molecular flexibility index (Phi) is 6.16. The summed E-state index contributed by atoms with van der Waals surface area (Å²) in [5.41, 5.74) is 1.94. The third kappa shape index (κ3) is 4.37. The van der Waals surface area contributed by atoms with Crippen molar-refractivity contribution in [2.75, 3.05) is 0 Å². The lowest BCUT2D eigenvalue weighted by molar-refractivity contribution is -0.140. The number of alkyl halides is 3. The Hall–Kier alpha value is -4.28. The molecule has 0 N–H and O–H groups in total. The normalized spacial score (nSPS) is 12.1. The van der Waals surface area contributed by atoms with Crippen LogP contribution in [0.2, 0.25) is 0 Å². The molecule has 3 heterocycles.